The Labute approximate surface area is 98.9 Å². The monoisotopic (exact) mass is 228 g/mol. The van der Waals surface area contributed by atoms with Crippen LogP contribution in [0.25, 0.3) is 0 Å². The number of rotatable bonds is 9. The van der Waals surface area contributed by atoms with Crippen LogP contribution in [-0.2, 0) is 9.47 Å². The number of hydrogen-bond donors (Lipinski definition) is 1. The predicted octanol–water partition coefficient (Wildman–Crippen LogP) is 1.57. The first-order chi connectivity index (χ1) is 7.55. The lowest BCUT2D eigenvalue weighted by Gasteiger charge is -2.25. The maximum atomic E-state index is 8.54. The van der Waals surface area contributed by atoms with Gasteiger partial charge >= 0.3 is 0 Å². The number of nitriles is 1. The second kappa shape index (κ2) is 8.51. The van der Waals surface area contributed by atoms with E-state index in [1.807, 2.05) is 0 Å². The van der Waals surface area contributed by atoms with E-state index in [9.17, 15) is 0 Å². The lowest BCUT2D eigenvalue weighted by molar-refractivity contribution is 0.0276. The van der Waals surface area contributed by atoms with Crippen molar-refractivity contribution in [3.63, 3.8) is 0 Å². The number of nitrogens with one attached hydrogen (secondary N) is 1. The summed E-state index contributed by atoms with van der Waals surface area (Å²) < 4.78 is 10.3. The molecule has 0 heterocycles. The maximum Gasteiger partial charge on any atom is 0.0928 e. The first-order valence-electron chi connectivity index (χ1n) is 5.65. The minimum Gasteiger partial charge on any atom is -0.382 e. The maximum absolute atomic E-state index is 8.54. The molecule has 0 saturated carbocycles. The van der Waals surface area contributed by atoms with Crippen LogP contribution in [-0.4, -0.2) is 40.0 Å². The summed E-state index contributed by atoms with van der Waals surface area (Å²) in [6, 6.07) is 2.18. The van der Waals surface area contributed by atoms with E-state index >= 15 is 0 Å². The Bertz CT molecular complexity index is 212. The van der Waals surface area contributed by atoms with E-state index in [0.29, 0.717) is 13.0 Å². The molecule has 94 valence electrons. The van der Waals surface area contributed by atoms with E-state index < -0.39 is 0 Å². The Kier molecular flexibility index (Phi) is 8.18. The molecule has 0 aromatic rings. The summed E-state index contributed by atoms with van der Waals surface area (Å²) in [6.45, 7) is 6.59. The largest absolute Gasteiger partial charge is 0.382 e. The van der Waals surface area contributed by atoms with Gasteiger partial charge in [0, 0.05) is 33.7 Å². The van der Waals surface area contributed by atoms with E-state index in [1.54, 1.807) is 14.2 Å². The molecule has 0 bridgehead atoms. The minimum atomic E-state index is 0.0942. The van der Waals surface area contributed by atoms with Crippen LogP contribution >= 0.6 is 0 Å². The highest BCUT2D eigenvalue weighted by Gasteiger charge is 2.17. The number of ether oxygens (including phenoxy) is 2. The molecule has 0 aliphatic heterocycles. The summed E-state index contributed by atoms with van der Waals surface area (Å²) >= 11 is 0. The number of hydrogen-bond acceptors (Lipinski definition) is 4. The van der Waals surface area contributed by atoms with Crippen LogP contribution in [0.5, 0.6) is 0 Å². The molecule has 0 aromatic heterocycles. The molecule has 4 nitrogen and oxygen atoms in total. The van der Waals surface area contributed by atoms with Gasteiger partial charge in [0.1, 0.15) is 0 Å². The SMILES string of the molecule is COCC(CNCC(C)(C)CCC#N)OC. The highest BCUT2D eigenvalue weighted by molar-refractivity contribution is 4.79. The van der Waals surface area contributed by atoms with Crippen LogP contribution in [0.1, 0.15) is 26.7 Å². The van der Waals surface area contributed by atoms with Gasteiger partial charge in [-0.05, 0) is 11.8 Å². The normalized spacial score (nSPS) is 13.4. The third-order valence-electron chi connectivity index (χ3n) is 2.58. The number of nitrogens with zero attached hydrogens (tertiary/aromatic N) is 1. The van der Waals surface area contributed by atoms with Gasteiger partial charge in [0.05, 0.1) is 18.8 Å². The summed E-state index contributed by atoms with van der Waals surface area (Å²) in [5.74, 6) is 0. The van der Waals surface area contributed by atoms with Crippen molar-refractivity contribution in [1.82, 2.24) is 5.32 Å². The van der Waals surface area contributed by atoms with Crippen LogP contribution in [0.3, 0.4) is 0 Å². The Morgan fingerprint density at radius 2 is 2.06 bits per heavy atom. The molecule has 0 radical (unpaired) electrons. The van der Waals surface area contributed by atoms with Gasteiger partial charge in [0.15, 0.2) is 0 Å². The van der Waals surface area contributed by atoms with Gasteiger partial charge in [-0.2, -0.15) is 5.26 Å². The molecular formula is C12H24N2O2. The van der Waals surface area contributed by atoms with E-state index in [0.717, 1.165) is 19.5 Å². The van der Waals surface area contributed by atoms with Gasteiger partial charge in [0.25, 0.3) is 0 Å². The molecule has 1 N–H and O–H groups in total. The topological polar surface area (TPSA) is 54.3 Å². The molecule has 0 amide bonds. The van der Waals surface area contributed by atoms with Crippen molar-refractivity contribution in [2.75, 3.05) is 33.9 Å². The third kappa shape index (κ3) is 7.63. The molecule has 0 aliphatic carbocycles. The summed E-state index contributed by atoms with van der Waals surface area (Å²) in [6.07, 6.45) is 1.62. The molecule has 0 rings (SSSR count). The quantitative estimate of drug-likeness (QED) is 0.651. The fourth-order valence-corrected chi connectivity index (χ4v) is 1.45. The van der Waals surface area contributed by atoms with Crippen LogP contribution in [0.15, 0.2) is 0 Å². The van der Waals surface area contributed by atoms with Crippen LogP contribution in [0.4, 0.5) is 0 Å². The van der Waals surface area contributed by atoms with Gasteiger partial charge in [0.2, 0.25) is 0 Å². The fourth-order valence-electron chi connectivity index (χ4n) is 1.45. The number of methoxy groups -OCH3 is 2. The molecule has 0 aromatic carbocycles. The standard InChI is InChI=1S/C12H24N2O2/c1-12(2,6-5-7-13)10-14-8-11(16-4)9-15-3/h11,14H,5-6,8-10H2,1-4H3. The first kappa shape index (κ1) is 15.4. The summed E-state index contributed by atoms with van der Waals surface area (Å²) in [4.78, 5) is 0. The molecule has 1 atom stereocenters. The van der Waals surface area contributed by atoms with Gasteiger partial charge in [-0.15, -0.1) is 0 Å². The van der Waals surface area contributed by atoms with Crippen LogP contribution in [0.2, 0.25) is 0 Å². The van der Waals surface area contributed by atoms with E-state index in [1.165, 1.54) is 0 Å². The zero-order valence-corrected chi connectivity index (χ0v) is 10.9. The van der Waals surface area contributed by atoms with E-state index in [2.05, 4.69) is 25.2 Å². The highest BCUT2D eigenvalue weighted by atomic mass is 16.5. The summed E-state index contributed by atoms with van der Waals surface area (Å²) in [5.41, 5.74) is 0.154. The Morgan fingerprint density at radius 3 is 2.56 bits per heavy atom. The summed E-state index contributed by atoms with van der Waals surface area (Å²) in [5, 5.41) is 11.9. The van der Waals surface area contributed by atoms with E-state index in [4.69, 9.17) is 14.7 Å². The Morgan fingerprint density at radius 1 is 1.38 bits per heavy atom. The van der Waals surface area contributed by atoms with Gasteiger partial charge in [-0.1, -0.05) is 13.8 Å². The molecule has 4 heteroatoms. The molecule has 0 aliphatic rings. The molecule has 16 heavy (non-hydrogen) atoms. The van der Waals surface area contributed by atoms with Crippen molar-refractivity contribution < 1.29 is 9.47 Å². The zero-order valence-electron chi connectivity index (χ0n) is 10.9. The van der Waals surface area contributed by atoms with Crippen molar-refractivity contribution in [3.8, 4) is 6.07 Å². The van der Waals surface area contributed by atoms with Crippen molar-refractivity contribution >= 4 is 0 Å². The summed E-state index contributed by atoms with van der Waals surface area (Å²) in [7, 11) is 3.36. The van der Waals surface area contributed by atoms with Gasteiger partial charge in [-0.25, -0.2) is 0 Å². The van der Waals surface area contributed by atoms with Crippen LogP contribution < -0.4 is 5.32 Å². The average Bonchev–Trinajstić information content (AvgIpc) is 2.25. The van der Waals surface area contributed by atoms with Crippen LogP contribution in [0, 0.1) is 16.7 Å². The second-order valence-corrected chi connectivity index (χ2v) is 4.77. The van der Waals surface area contributed by atoms with Crippen molar-refractivity contribution in [3.05, 3.63) is 0 Å². The smallest absolute Gasteiger partial charge is 0.0928 e. The molecule has 0 spiro atoms. The van der Waals surface area contributed by atoms with Gasteiger partial charge in [-0.3, -0.25) is 0 Å². The highest BCUT2D eigenvalue weighted by Crippen LogP contribution is 2.20. The minimum absolute atomic E-state index is 0.0942. The lowest BCUT2D eigenvalue weighted by Crippen LogP contribution is -2.37. The van der Waals surface area contributed by atoms with Crippen molar-refractivity contribution in [1.29, 1.82) is 5.26 Å². The van der Waals surface area contributed by atoms with Gasteiger partial charge < -0.3 is 14.8 Å². The molecule has 1 unspecified atom stereocenters. The van der Waals surface area contributed by atoms with E-state index in [-0.39, 0.29) is 11.5 Å². The molecular weight excluding hydrogens is 204 g/mol. The van der Waals surface area contributed by atoms with Crippen molar-refractivity contribution in [2.45, 2.75) is 32.8 Å². The van der Waals surface area contributed by atoms with Crippen molar-refractivity contribution in [2.24, 2.45) is 5.41 Å². The zero-order chi connectivity index (χ0) is 12.4. The molecule has 0 fully saturated rings. The second-order valence-electron chi connectivity index (χ2n) is 4.77. The Balaban J connectivity index is 3.73. The lowest BCUT2D eigenvalue weighted by atomic mass is 9.88. The first-order valence-corrected chi connectivity index (χ1v) is 5.65. The molecule has 0 saturated heterocycles. The Hall–Kier alpha value is -0.630. The third-order valence-corrected chi connectivity index (χ3v) is 2.58. The fraction of sp³-hybridized carbons (Fsp3) is 0.917. The predicted molar refractivity (Wildman–Crippen MR) is 64.2 cm³/mol. The average molecular weight is 228 g/mol.